The number of phenolic OH excluding ortho intramolecular Hbond substituents is 1. The molecule has 124 valence electrons. The van der Waals surface area contributed by atoms with Crippen LogP contribution in [-0.4, -0.2) is 17.3 Å². The van der Waals surface area contributed by atoms with Crippen molar-refractivity contribution in [1.29, 1.82) is 0 Å². The first-order valence-electron chi connectivity index (χ1n) is 6.54. The Balaban J connectivity index is 2.38. The van der Waals surface area contributed by atoms with Crippen molar-refractivity contribution in [3.05, 3.63) is 59.7 Å². The SMILES string of the molecule is Cc1ccc(S(=O)(=O)NC(c2ccc(O)cc2)C(Cl)(Cl)Cl)cc1. The number of nitrogens with one attached hydrogen (secondary N) is 1. The zero-order valence-corrected chi connectivity index (χ0v) is 15.1. The fourth-order valence-corrected chi connectivity index (χ4v) is 3.92. The lowest BCUT2D eigenvalue weighted by molar-refractivity contribution is 0.474. The predicted molar refractivity (Wildman–Crippen MR) is 92.6 cm³/mol. The highest BCUT2D eigenvalue weighted by atomic mass is 35.6. The zero-order valence-electron chi connectivity index (χ0n) is 12.0. The lowest BCUT2D eigenvalue weighted by Gasteiger charge is -2.26. The summed E-state index contributed by atoms with van der Waals surface area (Å²) in [6.45, 7) is 1.85. The molecule has 0 heterocycles. The number of alkyl halides is 3. The van der Waals surface area contributed by atoms with Gasteiger partial charge in [-0.15, -0.1) is 0 Å². The number of benzene rings is 2. The van der Waals surface area contributed by atoms with Crippen LogP contribution in [0.15, 0.2) is 53.4 Å². The zero-order chi connectivity index (χ0) is 17.3. The monoisotopic (exact) mass is 393 g/mol. The van der Waals surface area contributed by atoms with Crippen molar-refractivity contribution in [3.63, 3.8) is 0 Å². The van der Waals surface area contributed by atoms with Crippen molar-refractivity contribution < 1.29 is 13.5 Å². The maximum Gasteiger partial charge on any atom is 0.241 e. The third kappa shape index (κ3) is 4.75. The predicted octanol–water partition coefficient (Wildman–Crippen LogP) is 4.09. The van der Waals surface area contributed by atoms with Gasteiger partial charge in [-0.2, -0.15) is 4.72 Å². The van der Waals surface area contributed by atoms with Gasteiger partial charge in [0, 0.05) is 0 Å². The first-order chi connectivity index (χ1) is 10.6. The highest BCUT2D eigenvalue weighted by Gasteiger charge is 2.37. The van der Waals surface area contributed by atoms with Crippen LogP contribution in [0.3, 0.4) is 0 Å². The standard InChI is InChI=1S/C15H14Cl3NO3S/c1-10-2-8-13(9-3-10)23(21,22)19-14(15(16,17)18)11-4-6-12(20)7-5-11/h2-9,14,19-20H,1H3. The third-order valence-corrected chi connectivity index (χ3v) is 5.25. The first kappa shape index (κ1) is 18.4. The summed E-state index contributed by atoms with van der Waals surface area (Å²) in [6.07, 6.45) is 0. The summed E-state index contributed by atoms with van der Waals surface area (Å²) in [5, 5.41) is 9.34. The quantitative estimate of drug-likeness (QED) is 0.768. The molecule has 0 aliphatic heterocycles. The van der Waals surface area contributed by atoms with Crippen LogP contribution < -0.4 is 4.72 Å². The number of aryl methyl sites for hydroxylation is 1. The van der Waals surface area contributed by atoms with Crippen molar-refractivity contribution >= 4 is 44.8 Å². The molecule has 0 spiro atoms. The van der Waals surface area contributed by atoms with E-state index < -0.39 is 19.9 Å². The molecule has 0 saturated heterocycles. The lowest BCUT2D eigenvalue weighted by atomic mass is 10.1. The first-order valence-corrected chi connectivity index (χ1v) is 9.16. The van der Waals surface area contributed by atoms with E-state index in [0.29, 0.717) is 5.56 Å². The molecule has 1 unspecified atom stereocenters. The topological polar surface area (TPSA) is 66.4 Å². The molecule has 23 heavy (non-hydrogen) atoms. The average molecular weight is 395 g/mol. The molecule has 0 radical (unpaired) electrons. The molecule has 8 heteroatoms. The smallest absolute Gasteiger partial charge is 0.241 e. The molecule has 2 rings (SSSR count). The summed E-state index contributed by atoms with van der Waals surface area (Å²) in [5.74, 6) is 0.0261. The van der Waals surface area contributed by atoms with Crippen LogP contribution in [0.4, 0.5) is 0 Å². The minimum Gasteiger partial charge on any atom is -0.508 e. The Hall–Kier alpha value is -0.980. The highest BCUT2D eigenvalue weighted by Crippen LogP contribution is 2.41. The molecule has 0 bridgehead atoms. The van der Waals surface area contributed by atoms with Crippen LogP contribution in [0.1, 0.15) is 17.2 Å². The van der Waals surface area contributed by atoms with Crippen molar-refractivity contribution in [2.24, 2.45) is 0 Å². The van der Waals surface area contributed by atoms with E-state index in [0.717, 1.165) is 5.56 Å². The number of halogens is 3. The second kappa shape index (κ2) is 6.87. The Bertz CT molecular complexity index is 769. The van der Waals surface area contributed by atoms with Gasteiger partial charge in [-0.05, 0) is 36.8 Å². The van der Waals surface area contributed by atoms with Crippen molar-refractivity contribution in [2.75, 3.05) is 0 Å². The normalized spacial score (nSPS) is 13.7. The van der Waals surface area contributed by atoms with E-state index in [9.17, 15) is 13.5 Å². The van der Waals surface area contributed by atoms with Crippen molar-refractivity contribution in [2.45, 2.75) is 21.7 Å². The van der Waals surface area contributed by atoms with Crippen LogP contribution in [0, 0.1) is 6.92 Å². The Morgan fingerprint density at radius 2 is 1.52 bits per heavy atom. The van der Waals surface area contributed by atoms with E-state index in [1.807, 2.05) is 6.92 Å². The molecular weight excluding hydrogens is 381 g/mol. The second-order valence-electron chi connectivity index (χ2n) is 5.00. The van der Waals surface area contributed by atoms with Gasteiger partial charge in [-0.1, -0.05) is 64.6 Å². The largest absolute Gasteiger partial charge is 0.508 e. The molecule has 0 aliphatic rings. The second-order valence-corrected chi connectivity index (χ2v) is 9.08. The van der Waals surface area contributed by atoms with E-state index >= 15 is 0 Å². The van der Waals surface area contributed by atoms with E-state index in [4.69, 9.17) is 34.8 Å². The summed E-state index contributed by atoms with van der Waals surface area (Å²) in [7, 11) is -3.88. The van der Waals surface area contributed by atoms with Crippen LogP contribution >= 0.6 is 34.8 Å². The molecule has 0 amide bonds. The Morgan fingerprint density at radius 3 is 2.00 bits per heavy atom. The number of aromatic hydroxyl groups is 1. The van der Waals surface area contributed by atoms with Crippen molar-refractivity contribution in [1.82, 2.24) is 4.72 Å². The molecule has 0 aliphatic carbocycles. The summed E-state index contributed by atoms with van der Waals surface area (Å²) in [6, 6.07) is 10.9. The molecular formula is C15H14Cl3NO3S. The van der Waals surface area contributed by atoms with E-state index in [1.165, 1.54) is 36.4 Å². The van der Waals surface area contributed by atoms with Gasteiger partial charge in [0.1, 0.15) is 5.75 Å². The molecule has 2 aromatic rings. The van der Waals surface area contributed by atoms with E-state index in [1.54, 1.807) is 12.1 Å². The van der Waals surface area contributed by atoms with Crippen LogP contribution in [0.2, 0.25) is 0 Å². The highest BCUT2D eigenvalue weighted by molar-refractivity contribution is 7.89. The van der Waals surface area contributed by atoms with Gasteiger partial charge in [0.2, 0.25) is 13.8 Å². The summed E-state index contributed by atoms with van der Waals surface area (Å²) < 4.78 is 25.5. The average Bonchev–Trinajstić information content (AvgIpc) is 2.45. The maximum atomic E-state index is 12.5. The lowest BCUT2D eigenvalue weighted by Crippen LogP contribution is -2.36. The Labute approximate surface area is 150 Å². The number of rotatable bonds is 4. The molecule has 4 nitrogen and oxygen atoms in total. The van der Waals surface area contributed by atoms with Crippen LogP contribution in [-0.2, 0) is 10.0 Å². The fourth-order valence-electron chi connectivity index (χ4n) is 1.93. The number of hydrogen-bond acceptors (Lipinski definition) is 3. The van der Waals surface area contributed by atoms with Gasteiger partial charge < -0.3 is 5.11 Å². The molecule has 1 atom stereocenters. The van der Waals surface area contributed by atoms with Crippen molar-refractivity contribution in [3.8, 4) is 5.75 Å². The van der Waals surface area contributed by atoms with Crippen LogP contribution in [0.5, 0.6) is 5.75 Å². The number of sulfonamides is 1. The minimum atomic E-state index is -3.88. The van der Waals surface area contributed by atoms with Gasteiger partial charge in [-0.3, -0.25) is 0 Å². The maximum absolute atomic E-state index is 12.5. The van der Waals surface area contributed by atoms with Gasteiger partial charge >= 0.3 is 0 Å². The Morgan fingerprint density at radius 1 is 1.00 bits per heavy atom. The number of hydrogen-bond donors (Lipinski definition) is 2. The van der Waals surface area contributed by atoms with Gasteiger partial charge in [-0.25, -0.2) is 8.42 Å². The molecule has 0 saturated carbocycles. The van der Waals surface area contributed by atoms with Gasteiger partial charge in [0.05, 0.1) is 10.9 Å². The molecule has 0 fully saturated rings. The number of phenols is 1. The van der Waals surface area contributed by atoms with Gasteiger partial charge in [0.25, 0.3) is 0 Å². The van der Waals surface area contributed by atoms with E-state index in [2.05, 4.69) is 4.72 Å². The minimum absolute atomic E-state index is 0.0261. The summed E-state index contributed by atoms with van der Waals surface area (Å²) >= 11 is 17.8. The molecule has 0 aromatic heterocycles. The Kier molecular flexibility index (Phi) is 5.48. The van der Waals surface area contributed by atoms with E-state index in [-0.39, 0.29) is 10.6 Å². The van der Waals surface area contributed by atoms with Crippen LogP contribution in [0.25, 0.3) is 0 Å². The third-order valence-electron chi connectivity index (χ3n) is 3.16. The molecule has 2 N–H and O–H groups in total. The summed E-state index contributed by atoms with van der Waals surface area (Å²) in [5.41, 5.74) is 1.35. The van der Waals surface area contributed by atoms with Gasteiger partial charge in [0.15, 0.2) is 0 Å². The molecule has 2 aromatic carbocycles. The summed E-state index contributed by atoms with van der Waals surface area (Å²) in [4.78, 5) is 0.0705. The fraction of sp³-hybridized carbons (Fsp3) is 0.200.